The van der Waals surface area contributed by atoms with E-state index >= 15 is 0 Å². The lowest BCUT2D eigenvalue weighted by Gasteiger charge is -2.29. The zero-order valence-corrected chi connectivity index (χ0v) is 11.6. The minimum absolute atomic E-state index is 0.322. The van der Waals surface area contributed by atoms with Crippen LogP contribution in [0.1, 0.15) is 6.92 Å². The molecule has 2 aromatic rings. The Hall–Kier alpha value is -2.09. The van der Waals surface area contributed by atoms with E-state index in [1.807, 2.05) is 6.92 Å². The van der Waals surface area contributed by atoms with E-state index in [0.717, 1.165) is 32.0 Å². The molecule has 1 saturated heterocycles. The lowest BCUT2D eigenvalue weighted by Crippen LogP contribution is -2.44. The molecule has 0 unspecified atom stereocenters. The van der Waals surface area contributed by atoms with E-state index in [-0.39, 0.29) is 0 Å². The Morgan fingerprint density at radius 3 is 2.60 bits per heavy atom. The topological polar surface area (TPSA) is 88.0 Å². The predicted molar refractivity (Wildman–Crippen MR) is 76.4 cm³/mol. The minimum atomic E-state index is -0.424. The molecule has 0 spiro atoms. The number of rotatable bonds is 2. The number of piperazine rings is 1. The van der Waals surface area contributed by atoms with Crippen LogP contribution >= 0.6 is 0 Å². The van der Waals surface area contributed by atoms with Crippen molar-refractivity contribution < 1.29 is 0 Å². The summed E-state index contributed by atoms with van der Waals surface area (Å²) in [5.41, 5.74) is 0.103. The first-order valence-corrected chi connectivity index (χ1v) is 6.79. The SMILES string of the molecule is CCn1nc2c(=O)[nH]c(=O)n(C)c2c1N1CCNCC1. The van der Waals surface area contributed by atoms with Gasteiger partial charge < -0.3 is 10.2 Å². The summed E-state index contributed by atoms with van der Waals surface area (Å²) in [6.07, 6.45) is 0. The Labute approximate surface area is 115 Å². The van der Waals surface area contributed by atoms with E-state index in [9.17, 15) is 9.59 Å². The number of fused-ring (bicyclic) bond motifs is 1. The van der Waals surface area contributed by atoms with Gasteiger partial charge in [-0.05, 0) is 6.92 Å². The second-order valence-electron chi connectivity index (χ2n) is 4.89. The molecule has 8 heteroatoms. The zero-order chi connectivity index (χ0) is 14.3. The molecule has 2 N–H and O–H groups in total. The fourth-order valence-corrected chi connectivity index (χ4v) is 2.66. The molecule has 1 aliphatic heterocycles. The summed E-state index contributed by atoms with van der Waals surface area (Å²) in [4.78, 5) is 28.2. The van der Waals surface area contributed by atoms with Gasteiger partial charge in [0, 0.05) is 39.8 Å². The largest absolute Gasteiger partial charge is 0.353 e. The van der Waals surface area contributed by atoms with E-state index in [0.29, 0.717) is 17.6 Å². The fraction of sp³-hybridized carbons (Fsp3) is 0.583. The molecule has 0 aromatic carbocycles. The Morgan fingerprint density at radius 2 is 1.95 bits per heavy atom. The summed E-state index contributed by atoms with van der Waals surface area (Å²) >= 11 is 0. The second-order valence-corrected chi connectivity index (χ2v) is 4.89. The number of aromatic amines is 1. The fourth-order valence-electron chi connectivity index (χ4n) is 2.66. The van der Waals surface area contributed by atoms with E-state index in [1.165, 1.54) is 4.57 Å². The number of H-pyrrole nitrogens is 1. The maximum Gasteiger partial charge on any atom is 0.328 e. The van der Waals surface area contributed by atoms with Gasteiger partial charge in [-0.1, -0.05) is 0 Å². The van der Waals surface area contributed by atoms with Gasteiger partial charge in [0.2, 0.25) is 0 Å². The summed E-state index contributed by atoms with van der Waals surface area (Å²) in [7, 11) is 1.66. The normalized spacial score (nSPS) is 16.0. The van der Waals surface area contributed by atoms with Crippen LogP contribution in [0, 0.1) is 0 Å². The average molecular weight is 278 g/mol. The van der Waals surface area contributed by atoms with Gasteiger partial charge in [-0.2, -0.15) is 5.10 Å². The highest BCUT2D eigenvalue weighted by Gasteiger charge is 2.22. The van der Waals surface area contributed by atoms with Gasteiger partial charge in [0.15, 0.2) is 11.3 Å². The summed E-state index contributed by atoms with van der Waals surface area (Å²) in [5.74, 6) is 0.856. The van der Waals surface area contributed by atoms with Gasteiger partial charge in [0.05, 0.1) is 0 Å². The van der Waals surface area contributed by atoms with Crippen LogP contribution in [0.3, 0.4) is 0 Å². The quantitative estimate of drug-likeness (QED) is 0.724. The van der Waals surface area contributed by atoms with Crippen molar-refractivity contribution in [3.63, 3.8) is 0 Å². The van der Waals surface area contributed by atoms with E-state index in [1.54, 1.807) is 11.7 Å². The molecular formula is C12H18N6O2. The number of aromatic nitrogens is 4. The maximum absolute atomic E-state index is 11.9. The molecule has 3 heterocycles. The highest BCUT2D eigenvalue weighted by molar-refractivity contribution is 5.86. The highest BCUT2D eigenvalue weighted by Crippen LogP contribution is 2.24. The van der Waals surface area contributed by atoms with Gasteiger partial charge in [-0.3, -0.25) is 14.3 Å². The monoisotopic (exact) mass is 278 g/mol. The van der Waals surface area contributed by atoms with Crippen molar-refractivity contribution in [2.45, 2.75) is 13.5 Å². The third-order valence-corrected chi connectivity index (χ3v) is 3.69. The lowest BCUT2D eigenvalue weighted by atomic mass is 10.3. The number of hydrogen-bond acceptors (Lipinski definition) is 5. The van der Waals surface area contributed by atoms with Crippen molar-refractivity contribution in [2.24, 2.45) is 7.05 Å². The van der Waals surface area contributed by atoms with Crippen LogP contribution in [-0.2, 0) is 13.6 Å². The van der Waals surface area contributed by atoms with Crippen LogP contribution in [0.25, 0.3) is 11.0 Å². The number of nitrogens with zero attached hydrogens (tertiary/aromatic N) is 4. The first-order chi connectivity index (χ1) is 9.63. The first kappa shape index (κ1) is 12.9. The van der Waals surface area contributed by atoms with Crippen molar-refractivity contribution in [3.05, 3.63) is 20.8 Å². The van der Waals surface area contributed by atoms with Gasteiger partial charge in [-0.15, -0.1) is 0 Å². The number of anilines is 1. The van der Waals surface area contributed by atoms with Crippen molar-refractivity contribution in [3.8, 4) is 0 Å². The van der Waals surface area contributed by atoms with Crippen LogP contribution in [0.5, 0.6) is 0 Å². The Kier molecular flexibility index (Phi) is 3.09. The van der Waals surface area contributed by atoms with Crippen LogP contribution in [-0.4, -0.2) is 45.5 Å². The molecule has 8 nitrogen and oxygen atoms in total. The third kappa shape index (κ3) is 1.83. The molecule has 0 radical (unpaired) electrons. The van der Waals surface area contributed by atoms with E-state index in [2.05, 4.69) is 20.3 Å². The van der Waals surface area contributed by atoms with Gasteiger partial charge in [0.25, 0.3) is 5.56 Å². The molecule has 0 atom stereocenters. The third-order valence-electron chi connectivity index (χ3n) is 3.69. The van der Waals surface area contributed by atoms with E-state index < -0.39 is 11.2 Å². The highest BCUT2D eigenvalue weighted by atomic mass is 16.2. The van der Waals surface area contributed by atoms with Gasteiger partial charge >= 0.3 is 5.69 Å². The smallest absolute Gasteiger partial charge is 0.328 e. The summed E-state index contributed by atoms with van der Waals surface area (Å²) in [6.45, 7) is 6.07. The number of aryl methyl sites for hydroxylation is 2. The van der Waals surface area contributed by atoms with Gasteiger partial charge in [-0.25, -0.2) is 9.48 Å². The number of hydrogen-bond donors (Lipinski definition) is 2. The van der Waals surface area contributed by atoms with Crippen LogP contribution in [0.15, 0.2) is 9.59 Å². The summed E-state index contributed by atoms with van der Waals surface area (Å²) < 4.78 is 3.26. The molecule has 1 aliphatic rings. The second kappa shape index (κ2) is 4.78. The van der Waals surface area contributed by atoms with Crippen molar-refractivity contribution in [1.29, 1.82) is 0 Å². The molecule has 2 aromatic heterocycles. The molecule has 0 bridgehead atoms. The zero-order valence-electron chi connectivity index (χ0n) is 11.6. The van der Waals surface area contributed by atoms with Crippen LogP contribution in [0.2, 0.25) is 0 Å². The molecular weight excluding hydrogens is 260 g/mol. The van der Waals surface area contributed by atoms with Crippen molar-refractivity contribution in [1.82, 2.24) is 24.6 Å². The maximum atomic E-state index is 11.9. The Bertz CT molecular complexity index is 750. The lowest BCUT2D eigenvalue weighted by molar-refractivity contribution is 0.561. The van der Waals surface area contributed by atoms with Crippen LogP contribution in [0.4, 0.5) is 5.82 Å². The van der Waals surface area contributed by atoms with E-state index in [4.69, 9.17) is 0 Å². The standard InChI is InChI=1S/C12H18N6O2/c1-3-18-11(17-6-4-13-5-7-17)9-8(15-18)10(19)14-12(20)16(9)2/h13H,3-7H2,1-2H3,(H,14,19,20). The van der Waals surface area contributed by atoms with Crippen LogP contribution < -0.4 is 21.5 Å². The Balaban J connectivity index is 2.33. The van der Waals surface area contributed by atoms with Crippen molar-refractivity contribution >= 4 is 16.9 Å². The molecule has 108 valence electrons. The van der Waals surface area contributed by atoms with Crippen molar-refractivity contribution in [2.75, 3.05) is 31.1 Å². The summed E-state index contributed by atoms with van der Waals surface area (Å²) in [5, 5.41) is 7.65. The minimum Gasteiger partial charge on any atom is -0.353 e. The predicted octanol–water partition coefficient (Wildman–Crippen LogP) is -1.15. The molecule has 0 saturated carbocycles. The first-order valence-electron chi connectivity index (χ1n) is 6.79. The average Bonchev–Trinajstić information content (AvgIpc) is 2.86. The number of nitrogens with one attached hydrogen (secondary N) is 2. The molecule has 0 aliphatic carbocycles. The molecule has 1 fully saturated rings. The molecule has 20 heavy (non-hydrogen) atoms. The van der Waals surface area contributed by atoms with Gasteiger partial charge in [0.1, 0.15) is 5.52 Å². The molecule has 0 amide bonds. The molecule has 3 rings (SSSR count). The Morgan fingerprint density at radius 1 is 1.25 bits per heavy atom. The summed E-state index contributed by atoms with van der Waals surface area (Å²) in [6, 6.07) is 0.